The Morgan fingerprint density at radius 1 is 1.16 bits per heavy atom. The summed E-state index contributed by atoms with van der Waals surface area (Å²) in [5, 5.41) is 5.05. The van der Waals surface area contributed by atoms with E-state index in [1.54, 1.807) is 6.07 Å². The Labute approximate surface area is 118 Å². The van der Waals surface area contributed by atoms with Crippen molar-refractivity contribution in [2.75, 3.05) is 0 Å². The molecular formula is C12H13NO3S3. The van der Waals surface area contributed by atoms with Crippen LogP contribution in [0.25, 0.3) is 0 Å². The number of aryl methyl sites for hydroxylation is 2. The summed E-state index contributed by atoms with van der Waals surface area (Å²) < 4.78 is 35.4. The van der Waals surface area contributed by atoms with Crippen LogP contribution in [0.15, 0.2) is 43.6 Å². The lowest BCUT2D eigenvalue weighted by Gasteiger charge is -2.05. The van der Waals surface area contributed by atoms with Gasteiger partial charge in [-0.3, -0.25) is 0 Å². The Morgan fingerprint density at radius 3 is 2.42 bits per heavy atom. The molecule has 4 nitrogen and oxygen atoms in total. The smallest absolute Gasteiger partial charge is 0.247 e. The lowest BCUT2D eigenvalue weighted by molar-refractivity contribution is 0.600. The van der Waals surface area contributed by atoms with Gasteiger partial charge in [0, 0.05) is 4.90 Å². The van der Waals surface area contributed by atoms with Crippen LogP contribution in [0.3, 0.4) is 0 Å². The van der Waals surface area contributed by atoms with Gasteiger partial charge in [0.1, 0.15) is 4.21 Å². The number of benzene rings is 1. The molecule has 0 aliphatic rings. The Hall–Kier alpha value is -1.02. The van der Waals surface area contributed by atoms with Crippen molar-refractivity contribution < 1.29 is 12.6 Å². The van der Waals surface area contributed by atoms with E-state index in [1.807, 2.05) is 32.0 Å². The fraction of sp³-hybridized carbons (Fsp3) is 0.167. The third-order valence-electron chi connectivity index (χ3n) is 2.56. The average Bonchev–Trinajstić information content (AvgIpc) is 2.80. The molecule has 1 aromatic carbocycles. The highest BCUT2D eigenvalue weighted by Crippen LogP contribution is 2.28. The number of rotatable bonds is 3. The monoisotopic (exact) mass is 315 g/mol. The molecular weight excluding hydrogens is 302 g/mol. The maximum atomic E-state index is 12.4. The molecule has 0 radical (unpaired) electrons. The standard InChI is InChI=1S/C12H13NO3S3/c1-8-3-4-9(2)10(7-8)18(14)11-5-6-12(17-11)19(13,15)16/h3-7H,1-2H3,(H2,13,15,16)/t18-/m0/s1. The van der Waals surface area contributed by atoms with E-state index in [9.17, 15) is 12.6 Å². The van der Waals surface area contributed by atoms with E-state index in [-0.39, 0.29) is 4.21 Å². The van der Waals surface area contributed by atoms with Gasteiger partial charge in [-0.15, -0.1) is 11.3 Å². The van der Waals surface area contributed by atoms with Crippen molar-refractivity contribution in [3.05, 3.63) is 41.5 Å². The van der Waals surface area contributed by atoms with E-state index in [2.05, 4.69) is 0 Å². The molecule has 0 aliphatic heterocycles. The van der Waals surface area contributed by atoms with Gasteiger partial charge in [0.2, 0.25) is 10.0 Å². The third-order valence-corrected chi connectivity index (χ3v) is 6.93. The van der Waals surface area contributed by atoms with Crippen molar-refractivity contribution in [2.45, 2.75) is 27.2 Å². The normalized spacial score (nSPS) is 13.4. The molecule has 0 unspecified atom stereocenters. The van der Waals surface area contributed by atoms with Crippen LogP contribution in [0.5, 0.6) is 0 Å². The van der Waals surface area contributed by atoms with Gasteiger partial charge < -0.3 is 0 Å². The Kier molecular flexibility index (Phi) is 3.91. The minimum absolute atomic E-state index is 0.0288. The van der Waals surface area contributed by atoms with E-state index in [0.29, 0.717) is 9.10 Å². The SMILES string of the molecule is Cc1ccc(C)c([S@](=O)c2ccc(S(N)(=O)=O)s2)c1. The van der Waals surface area contributed by atoms with Crippen molar-refractivity contribution in [1.29, 1.82) is 0 Å². The zero-order valence-electron chi connectivity index (χ0n) is 10.4. The highest BCUT2D eigenvalue weighted by atomic mass is 32.3. The number of sulfonamides is 1. The molecule has 1 aromatic heterocycles. The van der Waals surface area contributed by atoms with Gasteiger partial charge >= 0.3 is 0 Å². The Balaban J connectivity index is 2.45. The predicted molar refractivity (Wildman–Crippen MR) is 76.3 cm³/mol. The number of nitrogens with two attached hydrogens (primary N) is 1. The Bertz CT molecular complexity index is 747. The van der Waals surface area contributed by atoms with Gasteiger partial charge in [-0.05, 0) is 43.2 Å². The molecule has 0 amide bonds. The summed E-state index contributed by atoms with van der Waals surface area (Å²) in [6, 6.07) is 8.62. The predicted octanol–water partition coefficient (Wildman–Crippen LogP) is 2.18. The van der Waals surface area contributed by atoms with Gasteiger partial charge in [0.05, 0.1) is 15.0 Å². The van der Waals surface area contributed by atoms with E-state index in [0.717, 1.165) is 22.5 Å². The van der Waals surface area contributed by atoms with Crippen LogP contribution in [-0.2, 0) is 20.8 Å². The van der Waals surface area contributed by atoms with Crippen molar-refractivity contribution in [3.8, 4) is 0 Å². The van der Waals surface area contributed by atoms with E-state index in [1.165, 1.54) is 6.07 Å². The topological polar surface area (TPSA) is 77.2 Å². The summed E-state index contributed by atoms with van der Waals surface area (Å²) in [6.45, 7) is 3.80. The fourth-order valence-corrected chi connectivity index (χ4v) is 5.09. The lowest BCUT2D eigenvalue weighted by Crippen LogP contribution is -2.09. The summed E-state index contributed by atoms with van der Waals surface area (Å²) in [5.41, 5.74) is 1.92. The molecule has 0 saturated carbocycles. The second-order valence-corrected chi connectivity index (χ2v) is 8.70. The fourth-order valence-electron chi connectivity index (χ4n) is 1.57. The van der Waals surface area contributed by atoms with E-state index >= 15 is 0 Å². The molecule has 7 heteroatoms. The minimum atomic E-state index is -3.73. The van der Waals surface area contributed by atoms with Crippen LogP contribution >= 0.6 is 11.3 Å². The molecule has 2 rings (SSSR count). The van der Waals surface area contributed by atoms with Crippen LogP contribution < -0.4 is 5.14 Å². The second-order valence-electron chi connectivity index (χ2n) is 4.16. The van der Waals surface area contributed by atoms with E-state index in [4.69, 9.17) is 5.14 Å². The zero-order chi connectivity index (χ0) is 14.2. The number of hydrogen-bond acceptors (Lipinski definition) is 4. The van der Waals surface area contributed by atoms with Gasteiger partial charge in [-0.1, -0.05) is 12.1 Å². The third kappa shape index (κ3) is 3.11. The number of hydrogen-bond donors (Lipinski definition) is 1. The Morgan fingerprint density at radius 2 is 1.84 bits per heavy atom. The van der Waals surface area contributed by atoms with Gasteiger partial charge in [-0.25, -0.2) is 17.8 Å². The van der Waals surface area contributed by atoms with Gasteiger partial charge in [-0.2, -0.15) is 0 Å². The highest BCUT2D eigenvalue weighted by Gasteiger charge is 2.17. The molecule has 0 spiro atoms. The number of thiophene rings is 1. The quantitative estimate of drug-likeness (QED) is 0.943. The van der Waals surface area contributed by atoms with E-state index < -0.39 is 20.8 Å². The summed E-state index contributed by atoms with van der Waals surface area (Å²) in [7, 11) is -5.12. The average molecular weight is 315 g/mol. The maximum absolute atomic E-state index is 12.4. The maximum Gasteiger partial charge on any atom is 0.247 e. The van der Waals surface area contributed by atoms with Crippen molar-refractivity contribution in [1.82, 2.24) is 0 Å². The van der Waals surface area contributed by atoms with Crippen molar-refractivity contribution in [2.24, 2.45) is 5.14 Å². The first kappa shape index (κ1) is 14.4. The van der Waals surface area contributed by atoms with Gasteiger partial charge in [0.15, 0.2) is 0 Å². The van der Waals surface area contributed by atoms with Crippen LogP contribution in [0, 0.1) is 13.8 Å². The van der Waals surface area contributed by atoms with Crippen molar-refractivity contribution >= 4 is 32.2 Å². The van der Waals surface area contributed by atoms with Crippen LogP contribution in [0.4, 0.5) is 0 Å². The molecule has 19 heavy (non-hydrogen) atoms. The van der Waals surface area contributed by atoms with Crippen molar-refractivity contribution in [3.63, 3.8) is 0 Å². The molecule has 0 saturated heterocycles. The van der Waals surface area contributed by atoms with Crippen LogP contribution in [-0.4, -0.2) is 12.6 Å². The molecule has 1 heterocycles. The molecule has 2 N–H and O–H groups in total. The highest BCUT2D eigenvalue weighted by molar-refractivity contribution is 7.92. The zero-order valence-corrected chi connectivity index (χ0v) is 12.9. The molecule has 102 valence electrons. The summed E-state index contributed by atoms with van der Waals surface area (Å²) in [4.78, 5) is 0.697. The van der Waals surface area contributed by atoms with Gasteiger partial charge in [0.25, 0.3) is 0 Å². The summed E-state index contributed by atoms with van der Waals surface area (Å²) in [6.07, 6.45) is 0. The summed E-state index contributed by atoms with van der Waals surface area (Å²) in [5.74, 6) is 0. The molecule has 0 bridgehead atoms. The van der Waals surface area contributed by atoms with Crippen LogP contribution in [0.2, 0.25) is 0 Å². The first-order valence-electron chi connectivity index (χ1n) is 5.41. The first-order valence-corrected chi connectivity index (χ1v) is 8.92. The summed E-state index contributed by atoms with van der Waals surface area (Å²) >= 11 is 0.944. The lowest BCUT2D eigenvalue weighted by atomic mass is 10.2. The molecule has 1 atom stereocenters. The second kappa shape index (κ2) is 5.16. The largest absolute Gasteiger partial charge is 0.248 e. The minimum Gasteiger partial charge on any atom is -0.248 e. The molecule has 0 fully saturated rings. The van der Waals surface area contributed by atoms with Crippen LogP contribution in [0.1, 0.15) is 11.1 Å². The molecule has 0 aliphatic carbocycles. The number of primary sulfonamides is 1. The first-order chi connectivity index (χ1) is 8.79. The molecule has 2 aromatic rings.